The van der Waals surface area contributed by atoms with Gasteiger partial charge in [0.2, 0.25) is 0 Å². The van der Waals surface area contributed by atoms with Gasteiger partial charge in [0.25, 0.3) is 0 Å². The summed E-state index contributed by atoms with van der Waals surface area (Å²) in [6.45, 7) is 2.20. The van der Waals surface area contributed by atoms with Crippen LogP contribution in [-0.4, -0.2) is 0 Å². The van der Waals surface area contributed by atoms with E-state index in [1.165, 1.54) is 17.7 Å². The van der Waals surface area contributed by atoms with Crippen molar-refractivity contribution >= 4 is 23.7 Å². The van der Waals surface area contributed by atoms with Gasteiger partial charge in [0.1, 0.15) is 0 Å². The number of hydrogen-bond donors (Lipinski definition) is 1. The first-order valence-electron chi connectivity index (χ1n) is 4.13. The van der Waals surface area contributed by atoms with Crippen molar-refractivity contribution in [1.29, 1.82) is 0 Å². The fourth-order valence-electron chi connectivity index (χ4n) is 1.07. The average molecular weight is 206 g/mol. The Kier molecular flexibility index (Phi) is 6.44. The highest BCUT2D eigenvalue weighted by Gasteiger charge is 2.04. The van der Waals surface area contributed by atoms with Crippen LogP contribution < -0.4 is 5.73 Å². The second kappa shape index (κ2) is 6.46. The second-order valence-electron chi connectivity index (χ2n) is 2.76. The van der Waals surface area contributed by atoms with Gasteiger partial charge in [-0.2, -0.15) is 0 Å². The third-order valence-corrected chi connectivity index (χ3v) is 2.78. The molecule has 1 nitrogen and oxygen atoms in total. The van der Waals surface area contributed by atoms with Gasteiger partial charge in [0.15, 0.2) is 0 Å². The van der Waals surface area contributed by atoms with Crippen LogP contribution in [0, 0.1) is 0 Å². The summed E-state index contributed by atoms with van der Waals surface area (Å²) in [4.78, 5) is 1.32. The Bertz CT molecular complexity index is 186. The van der Waals surface area contributed by atoms with E-state index in [0.29, 0.717) is 0 Å². The summed E-state index contributed by atoms with van der Waals surface area (Å²) in [6, 6.07) is 4.45. The van der Waals surface area contributed by atoms with E-state index >= 15 is 0 Å². The molecule has 1 aromatic rings. The molecular formula is C9H16ClNS. The average Bonchev–Trinajstić information content (AvgIpc) is 2.52. The van der Waals surface area contributed by atoms with Gasteiger partial charge in [-0.25, -0.2) is 0 Å². The molecule has 0 amide bonds. The molecule has 3 heteroatoms. The van der Waals surface area contributed by atoms with E-state index in [4.69, 9.17) is 5.73 Å². The van der Waals surface area contributed by atoms with Crippen molar-refractivity contribution in [3.8, 4) is 0 Å². The molecule has 70 valence electrons. The van der Waals surface area contributed by atoms with E-state index in [-0.39, 0.29) is 18.4 Å². The maximum absolute atomic E-state index is 5.94. The fraction of sp³-hybridized carbons (Fsp3) is 0.556. The third-order valence-electron chi connectivity index (χ3n) is 1.78. The highest BCUT2D eigenvalue weighted by molar-refractivity contribution is 7.10. The lowest BCUT2D eigenvalue weighted by Gasteiger charge is -2.07. The molecule has 0 bridgehead atoms. The molecular weight excluding hydrogens is 190 g/mol. The lowest BCUT2D eigenvalue weighted by Crippen LogP contribution is -2.07. The van der Waals surface area contributed by atoms with Crippen molar-refractivity contribution in [2.24, 2.45) is 5.73 Å². The Morgan fingerprint density at radius 2 is 2.33 bits per heavy atom. The molecule has 0 unspecified atom stereocenters. The number of hydrogen-bond acceptors (Lipinski definition) is 2. The molecule has 2 N–H and O–H groups in total. The summed E-state index contributed by atoms with van der Waals surface area (Å²) >= 11 is 1.76. The third kappa shape index (κ3) is 3.57. The van der Waals surface area contributed by atoms with Gasteiger partial charge in [-0.3, -0.25) is 0 Å². The van der Waals surface area contributed by atoms with Gasteiger partial charge in [0.05, 0.1) is 0 Å². The Morgan fingerprint density at radius 3 is 2.83 bits per heavy atom. The van der Waals surface area contributed by atoms with E-state index in [1.54, 1.807) is 11.3 Å². The molecule has 0 aliphatic rings. The van der Waals surface area contributed by atoms with Gasteiger partial charge < -0.3 is 5.73 Å². The van der Waals surface area contributed by atoms with Crippen molar-refractivity contribution in [2.75, 3.05) is 0 Å². The van der Waals surface area contributed by atoms with Gasteiger partial charge in [-0.15, -0.1) is 23.7 Å². The van der Waals surface area contributed by atoms with E-state index < -0.39 is 0 Å². The molecule has 0 spiro atoms. The fourth-order valence-corrected chi connectivity index (χ4v) is 1.83. The zero-order valence-electron chi connectivity index (χ0n) is 7.32. The highest BCUT2D eigenvalue weighted by atomic mass is 35.5. The molecule has 0 saturated carbocycles. The van der Waals surface area contributed by atoms with Gasteiger partial charge in [-0.1, -0.05) is 25.8 Å². The summed E-state index contributed by atoms with van der Waals surface area (Å²) in [6.07, 6.45) is 3.59. The molecule has 0 saturated heterocycles. The summed E-state index contributed by atoms with van der Waals surface area (Å²) in [7, 11) is 0. The van der Waals surface area contributed by atoms with Crippen LogP contribution in [0.15, 0.2) is 17.5 Å². The van der Waals surface area contributed by atoms with Crippen molar-refractivity contribution in [1.82, 2.24) is 0 Å². The SMILES string of the molecule is CCCC[C@H](N)c1cccs1.Cl. The summed E-state index contributed by atoms with van der Waals surface area (Å²) in [5.41, 5.74) is 5.94. The van der Waals surface area contributed by atoms with E-state index in [0.717, 1.165) is 6.42 Å². The van der Waals surface area contributed by atoms with Crippen molar-refractivity contribution < 1.29 is 0 Å². The zero-order valence-corrected chi connectivity index (χ0v) is 8.96. The molecule has 0 fully saturated rings. The molecule has 1 heterocycles. The van der Waals surface area contributed by atoms with Crippen molar-refractivity contribution in [3.63, 3.8) is 0 Å². The van der Waals surface area contributed by atoms with Crippen LogP contribution in [0.3, 0.4) is 0 Å². The first-order chi connectivity index (χ1) is 5.34. The molecule has 0 aliphatic carbocycles. The molecule has 0 aliphatic heterocycles. The van der Waals surface area contributed by atoms with Crippen LogP contribution >= 0.6 is 23.7 Å². The number of rotatable bonds is 4. The maximum atomic E-state index is 5.94. The Balaban J connectivity index is 0.00000121. The lowest BCUT2D eigenvalue weighted by atomic mass is 10.1. The smallest absolute Gasteiger partial charge is 0.0389 e. The molecule has 1 rings (SSSR count). The van der Waals surface area contributed by atoms with Gasteiger partial charge >= 0.3 is 0 Å². The minimum atomic E-state index is 0. The minimum absolute atomic E-state index is 0. The zero-order chi connectivity index (χ0) is 8.10. The number of nitrogens with two attached hydrogens (primary N) is 1. The molecule has 1 aromatic heterocycles. The van der Waals surface area contributed by atoms with Crippen LogP contribution in [0.4, 0.5) is 0 Å². The monoisotopic (exact) mass is 205 g/mol. The van der Waals surface area contributed by atoms with Gasteiger partial charge in [-0.05, 0) is 17.9 Å². The predicted molar refractivity (Wildman–Crippen MR) is 58.0 cm³/mol. The lowest BCUT2D eigenvalue weighted by molar-refractivity contribution is 0.611. The van der Waals surface area contributed by atoms with Crippen LogP contribution in [0.5, 0.6) is 0 Å². The molecule has 1 atom stereocenters. The van der Waals surface area contributed by atoms with Crippen molar-refractivity contribution in [3.05, 3.63) is 22.4 Å². The Labute approximate surface area is 84.4 Å². The quantitative estimate of drug-likeness (QED) is 0.802. The summed E-state index contributed by atoms with van der Waals surface area (Å²) < 4.78 is 0. The number of unbranched alkanes of at least 4 members (excludes halogenated alkanes) is 1. The van der Waals surface area contributed by atoms with Crippen LogP contribution in [0.2, 0.25) is 0 Å². The standard InChI is InChI=1S/C9H15NS.ClH/c1-2-3-5-8(10)9-6-4-7-11-9;/h4,6-8H,2-3,5,10H2,1H3;1H/t8-;/m0./s1. The Hall–Kier alpha value is -0.0500. The van der Waals surface area contributed by atoms with Crippen LogP contribution in [0.25, 0.3) is 0 Å². The molecule has 0 radical (unpaired) electrons. The predicted octanol–water partition coefficient (Wildman–Crippen LogP) is 3.36. The van der Waals surface area contributed by atoms with Crippen LogP contribution in [-0.2, 0) is 0 Å². The van der Waals surface area contributed by atoms with Crippen molar-refractivity contribution in [2.45, 2.75) is 32.2 Å². The molecule has 12 heavy (non-hydrogen) atoms. The topological polar surface area (TPSA) is 26.0 Å². The first-order valence-corrected chi connectivity index (χ1v) is 5.01. The Morgan fingerprint density at radius 1 is 1.58 bits per heavy atom. The van der Waals surface area contributed by atoms with Gasteiger partial charge in [0, 0.05) is 10.9 Å². The number of thiophene rings is 1. The maximum Gasteiger partial charge on any atom is 0.0389 e. The largest absolute Gasteiger partial charge is 0.323 e. The van der Waals surface area contributed by atoms with E-state index in [9.17, 15) is 0 Å². The first kappa shape index (κ1) is 11.9. The molecule has 0 aromatic carbocycles. The van der Waals surface area contributed by atoms with E-state index in [1.807, 2.05) is 0 Å². The summed E-state index contributed by atoms with van der Waals surface area (Å²) in [5, 5.41) is 2.08. The normalized spacial score (nSPS) is 12.2. The summed E-state index contributed by atoms with van der Waals surface area (Å²) in [5.74, 6) is 0. The van der Waals surface area contributed by atoms with E-state index in [2.05, 4.69) is 24.4 Å². The minimum Gasteiger partial charge on any atom is -0.323 e. The number of halogens is 1. The second-order valence-corrected chi connectivity index (χ2v) is 3.74. The highest BCUT2D eigenvalue weighted by Crippen LogP contribution is 2.20. The van der Waals surface area contributed by atoms with Crippen LogP contribution in [0.1, 0.15) is 37.1 Å².